The van der Waals surface area contributed by atoms with Gasteiger partial charge < -0.3 is 9.84 Å². The molecule has 0 aromatic heterocycles. The molecule has 4 heteroatoms. The summed E-state index contributed by atoms with van der Waals surface area (Å²) in [6.07, 6.45) is 8.92. The number of hydrogen-bond donors (Lipinski definition) is 1. The van der Waals surface area contributed by atoms with Crippen LogP contribution in [0.15, 0.2) is 12.2 Å². The average molecular weight is 268 g/mol. The third kappa shape index (κ3) is 4.08. The zero-order chi connectivity index (χ0) is 14.3. The second-order valence-electron chi connectivity index (χ2n) is 5.35. The third-order valence-electron chi connectivity index (χ3n) is 3.78. The predicted octanol–water partition coefficient (Wildman–Crippen LogP) is 3.17. The van der Waals surface area contributed by atoms with Crippen LogP contribution in [0.5, 0.6) is 0 Å². The Labute approximate surface area is 114 Å². The molecule has 19 heavy (non-hydrogen) atoms. The fourth-order valence-corrected chi connectivity index (χ4v) is 2.45. The first kappa shape index (κ1) is 15.7. The summed E-state index contributed by atoms with van der Waals surface area (Å²) in [4.78, 5) is 23.4. The summed E-state index contributed by atoms with van der Waals surface area (Å²) in [6.45, 7) is 4.17. The molecular formula is C15H24O4. The number of carbonyl (C=O) groups is 2. The lowest BCUT2D eigenvalue weighted by molar-refractivity contribution is -0.163. The van der Waals surface area contributed by atoms with Crippen molar-refractivity contribution in [3.8, 4) is 0 Å². The van der Waals surface area contributed by atoms with Gasteiger partial charge in [-0.25, -0.2) is 0 Å². The van der Waals surface area contributed by atoms with Crippen LogP contribution in [0.1, 0.15) is 52.4 Å². The molecule has 0 fully saturated rings. The van der Waals surface area contributed by atoms with E-state index in [0.717, 1.165) is 25.7 Å². The molecule has 0 saturated carbocycles. The average Bonchev–Trinajstić information content (AvgIpc) is 2.38. The molecule has 0 aromatic rings. The topological polar surface area (TPSA) is 63.6 Å². The maximum absolute atomic E-state index is 12.1. The van der Waals surface area contributed by atoms with Gasteiger partial charge in [-0.2, -0.15) is 0 Å². The maximum Gasteiger partial charge on any atom is 0.316 e. The minimum atomic E-state index is -1.02. The Balaban J connectivity index is 2.54. The van der Waals surface area contributed by atoms with Crippen LogP contribution in [-0.2, 0) is 14.3 Å². The van der Waals surface area contributed by atoms with Crippen LogP contribution in [-0.4, -0.2) is 23.7 Å². The van der Waals surface area contributed by atoms with Crippen LogP contribution in [0.25, 0.3) is 0 Å². The molecule has 1 N–H and O–H groups in total. The van der Waals surface area contributed by atoms with Gasteiger partial charge >= 0.3 is 11.9 Å². The summed E-state index contributed by atoms with van der Waals surface area (Å²) in [6, 6.07) is 0. The number of esters is 1. The standard InChI is InChI=1S/C15H24O4/c1-3-4-5-8-11-19-14(18)15(2)10-7-6-9-12(15)13(16)17/h7,10,12H,3-6,8-9,11H2,1-2H3,(H,16,17). The molecule has 0 bridgehead atoms. The zero-order valence-electron chi connectivity index (χ0n) is 11.9. The van der Waals surface area contributed by atoms with Gasteiger partial charge in [0.15, 0.2) is 0 Å². The number of hydrogen-bond acceptors (Lipinski definition) is 3. The molecule has 0 aromatic carbocycles. The minimum absolute atomic E-state index is 0.384. The first-order valence-electron chi connectivity index (χ1n) is 7.10. The van der Waals surface area contributed by atoms with Gasteiger partial charge in [-0.15, -0.1) is 0 Å². The summed E-state index contributed by atoms with van der Waals surface area (Å²) in [5, 5.41) is 9.22. The number of aliphatic carboxylic acids is 1. The highest BCUT2D eigenvalue weighted by Crippen LogP contribution is 2.38. The number of unbranched alkanes of at least 4 members (excludes halogenated alkanes) is 3. The Bertz CT molecular complexity index is 348. The summed E-state index contributed by atoms with van der Waals surface area (Å²) in [7, 11) is 0. The molecule has 0 spiro atoms. The van der Waals surface area contributed by atoms with Crippen molar-refractivity contribution in [2.24, 2.45) is 11.3 Å². The lowest BCUT2D eigenvalue weighted by Gasteiger charge is -2.32. The van der Waals surface area contributed by atoms with Gasteiger partial charge in [0.25, 0.3) is 0 Å². The fraction of sp³-hybridized carbons (Fsp3) is 0.733. The monoisotopic (exact) mass is 268 g/mol. The van der Waals surface area contributed by atoms with Crippen LogP contribution in [0.2, 0.25) is 0 Å². The molecule has 4 nitrogen and oxygen atoms in total. The summed E-state index contributed by atoms with van der Waals surface area (Å²) < 4.78 is 5.26. The molecule has 108 valence electrons. The number of carboxylic acid groups (broad SMARTS) is 1. The highest BCUT2D eigenvalue weighted by Gasteiger charge is 2.45. The second kappa shape index (κ2) is 7.31. The Kier molecular flexibility index (Phi) is 6.06. The Hall–Kier alpha value is -1.32. The van der Waals surface area contributed by atoms with Crippen LogP contribution in [0.4, 0.5) is 0 Å². The van der Waals surface area contributed by atoms with E-state index in [1.54, 1.807) is 13.0 Å². The molecule has 1 aliphatic carbocycles. The van der Waals surface area contributed by atoms with E-state index in [4.69, 9.17) is 4.74 Å². The van der Waals surface area contributed by atoms with Gasteiger partial charge in [0, 0.05) is 0 Å². The van der Waals surface area contributed by atoms with E-state index in [2.05, 4.69) is 6.92 Å². The molecule has 2 atom stereocenters. The predicted molar refractivity (Wildman–Crippen MR) is 72.7 cm³/mol. The fourth-order valence-electron chi connectivity index (χ4n) is 2.45. The summed E-state index contributed by atoms with van der Waals surface area (Å²) in [5.41, 5.74) is -1.02. The quantitative estimate of drug-likeness (QED) is 0.437. The van der Waals surface area contributed by atoms with Crippen LogP contribution in [0.3, 0.4) is 0 Å². The number of ether oxygens (including phenoxy) is 1. The summed E-state index contributed by atoms with van der Waals surface area (Å²) >= 11 is 0. The lowest BCUT2D eigenvalue weighted by Crippen LogP contribution is -2.41. The van der Waals surface area contributed by atoms with Crippen LogP contribution < -0.4 is 0 Å². The van der Waals surface area contributed by atoms with Crippen molar-refractivity contribution in [2.45, 2.75) is 52.4 Å². The third-order valence-corrected chi connectivity index (χ3v) is 3.78. The largest absolute Gasteiger partial charge is 0.481 e. The van der Waals surface area contributed by atoms with Crippen molar-refractivity contribution in [1.82, 2.24) is 0 Å². The first-order valence-corrected chi connectivity index (χ1v) is 7.10. The Morgan fingerprint density at radius 2 is 2.11 bits per heavy atom. The van der Waals surface area contributed by atoms with Gasteiger partial charge in [-0.05, 0) is 26.2 Å². The number of carboxylic acids is 1. The number of allylic oxidation sites excluding steroid dienone is 1. The maximum atomic E-state index is 12.1. The van der Waals surface area contributed by atoms with Gasteiger partial charge in [-0.1, -0.05) is 38.3 Å². The van der Waals surface area contributed by atoms with Gasteiger partial charge in [0.05, 0.1) is 17.9 Å². The molecule has 1 rings (SSSR count). The highest BCUT2D eigenvalue weighted by atomic mass is 16.5. The van der Waals surface area contributed by atoms with E-state index in [-0.39, 0.29) is 0 Å². The molecule has 1 aliphatic rings. The van der Waals surface area contributed by atoms with Crippen LogP contribution in [0, 0.1) is 11.3 Å². The molecule has 2 unspecified atom stereocenters. The molecule has 0 amide bonds. The number of rotatable bonds is 7. The smallest absolute Gasteiger partial charge is 0.316 e. The lowest BCUT2D eigenvalue weighted by atomic mass is 9.71. The van der Waals surface area contributed by atoms with Crippen molar-refractivity contribution in [2.75, 3.05) is 6.61 Å². The molecule has 0 saturated heterocycles. The highest BCUT2D eigenvalue weighted by molar-refractivity contribution is 5.86. The van der Waals surface area contributed by atoms with Gasteiger partial charge in [0.2, 0.25) is 0 Å². The van der Waals surface area contributed by atoms with Crippen molar-refractivity contribution < 1.29 is 19.4 Å². The van der Waals surface area contributed by atoms with E-state index in [1.807, 2.05) is 6.08 Å². The van der Waals surface area contributed by atoms with E-state index < -0.39 is 23.3 Å². The van der Waals surface area contributed by atoms with Crippen molar-refractivity contribution >= 4 is 11.9 Å². The normalized spacial score (nSPS) is 26.1. The zero-order valence-corrected chi connectivity index (χ0v) is 11.9. The SMILES string of the molecule is CCCCCCOC(=O)C1(C)C=CCCC1C(=O)O. The second-order valence-corrected chi connectivity index (χ2v) is 5.35. The van der Waals surface area contributed by atoms with Crippen molar-refractivity contribution in [3.05, 3.63) is 12.2 Å². The molecule has 0 radical (unpaired) electrons. The summed E-state index contributed by atoms with van der Waals surface area (Å²) in [5.74, 6) is -2.01. The van der Waals surface area contributed by atoms with E-state index in [9.17, 15) is 14.7 Å². The minimum Gasteiger partial charge on any atom is -0.481 e. The van der Waals surface area contributed by atoms with E-state index in [1.165, 1.54) is 0 Å². The van der Waals surface area contributed by atoms with Crippen LogP contribution >= 0.6 is 0 Å². The first-order chi connectivity index (χ1) is 9.02. The van der Waals surface area contributed by atoms with E-state index >= 15 is 0 Å². The molecule has 0 heterocycles. The van der Waals surface area contributed by atoms with Gasteiger partial charge in [0.1, 0.15) is 0 Å². The van der Waals surface area contributed by atoms with Crippen molar-refractivity contribution in [3.63, 3.8) is 0 Å². The molecular weight excluding hydrogens is 244 g/mol. The Morgan fingerprint density at radius 3 is 2.74 bits per heavy atom. The van der Waals surface area contributed by atoms with E-state index in [0.29, 0.717) is 19.4 Å². The van der Waals surface area contributed by atoms with Crippen molar-refractivity contribution in [1.29, 1.82) is 0 Å². The molecule has 0 aliphatic heterocycles. The van der Waals surface area contributed by atoms with Gasteiger partial charge in [-0.3, -0.25) is 9.59 Å². The number of carbonyl (C=O) groups excluding carboxylic acids is 1. The Morgan fingerprint density at radius 1 is 1.37 bits per heavy atom.